The summed E-state index contributed by atoms with van der Waals surface area (Å²) in [6.07, 6.45) is 0. The van der Waals surface area contributed by atoms with Gasteiger partial charge < -0.3 is 0 Å². The summed E-state index contributed by atoms with van der Waals surface area (Å²) in [5, 5.41) is 2.87. The fourth-order valence-electron chi connectivity index (χ4n) is 3.58. The highest BCUT2D eigenvalue weighted by Crippen LogP contribution is 2.39. The molecular formula is C22H32. The van der Waals surface area contributed by atoms with E-state index in [1.807, 2.05) is 0 Å². The minimum Gasteiger partial charge on any atom is -0.0587 e. The Bertz CT molecular complexity index is 657. The number of hydrogen-bond acceptors (Lipinski definition) is 0. The van der Waals surface area contributed by atoms with Crippen LogP contribution in [0.2, 0.25) is 0 Å². The van der Waals surface area contributed by atoms with Crippen LogP contribution in [0.15, 0.2) is 24.3 Å². The highest BCUT2D eigenvalue weighted by atomic mass is 14.2. The Hall–Kier alpha value is -1.30. The van der Waals surface area contributed by atoms with Gasteiger partial charge in [-0.1, -0.05) is 79.7 Å². The second-order valence-corrected chi connectivity index (χ2v) is 7.89. The van der Waals surface area contributed by atoms with Gasteiger partial charge in [0.25, 0.3) is 0 Å². The molecule has 0 saturated carbocycles. The van der Waals surface area contributed by atoms with E-state index in [0.29, 0.717) is 23.7 Å². The highest BCUT2D eigenvalue weighted by Gasteiger charge is 2.20. The zero-order valence-corrected chi connectivity index (χ0v) is 15.6. The maximum absolute atomic E-state index is 2.44. The smallest absolute Gasteiger partial charge is 0.0143 e. The number of benzene rings is 2. The Balaban J connectivity index is 2.91. The molecule has 2 rings (SSSR count). The van der Waals surface area contributed by atoms with Crippen molar-refractivity contribution in [2.75, 3.05) is 0 Å². The average molecular weight is 296 g/mol. The maximum Gasteiger partial charge on any atom is -0.0143 e. The molecule has 0 N–H and O–H groups in total. The van der Waals surface area contributed by atoms with Crippen LogP contribution >= 0.6 is 0 Å². The van der Waals surface area contributed by atoms with Crippen molar-refractivity contribution >= 4 is 10.8 Å². The van der Waals surface area contributed by atoms with Crippen molar-refractivity contribution < 1.29 is 0 Å². The summed E-state index contributed by atoms with van der Waals surface area (Å²) in [5.41, 5.74) is 6.13. The van der Waals surface area contributed by atoms with Gasteiger partial charge in [-0.3, -0.25) is 0 Å². The lowest BCUT2D eigenvalue weighted by atomic mass is 9.79. The monoisotopic (exact) mass is 296 g/mol. The zero-order valence-electron chi connectivity index (χ0n) is 15.6. The second-order valence-electron chi connectivity index (χ2n) is 7.89. The third-order valence-electron chi connectivity index (χ3n) is 4.72. The molecule has 0 aliphatic rings. The topological polar surface area (TPSA) is 0 Å². The lowest BCUT2D eigenvalue weighted by molar-refractivity contribution is 0.754. The first-order valence-corrected chi connectivity index (χ1v) is 8.84. The van der Waals surface area contributed by atoms with Crippen LogP contribution in [0.3, 0.4) is 0 Å². The molecule has 0 heterocycles. The van der Waals surface area contributed by atoms with E-state index in [4.69, 9.17) is 0 Å². The van der Waals surface area contributed by atoms with Gasteiger partial charge in [0.2, 0.25) is 0 Å². The Morgan fingerprint density at radius 3 is 1.64 bits per heavy atom. The van der Waals surface area contributed by atoms with Crippen molar-refractivity contribution in [2.24, 2.45) is 0 Å². The molecule has 0 aliphatic carbocycles. The summed E-state index contributed by atoms with van der Waals surface area (Å²) in [7, 11) is 0. The van der Waals surface area contributed by atoms with Gasteiger partial charge in [0.15, 0.2) is 0 Å². The predicted octanol–water partition coefficient (Wildman–Crippen LogP) is 7.33. The van der Waals surface area contributed by atoms with Crippen molar-refractivity contribution in [3.05, 3.63) is 46.5 Å². The molecular weight excluding hydrogens is 264 g/mol. The van der Waals surface area contributed by atoms with E-state index in [9.17, 15) is 0 Å². The van der Waals surface area contributed by atoms with Gasteiger partial charge in [-0.05, 0) is 56.7 Å². The summed E-state index contributed by atoms with van der Waals surface area (Å²) in [4.78, 5) is 0. The molecule has 120 valence electrons. The van der Waals surface area contributed by atoms with Crippen molar-refractivity contribution in [1.82, 2.24) is 0 Å². The normalized spacial score (nSPS) is 12.4. The van der Waals surface area contributed by atoms with Gasteiger partial charge >= 0.3 is 0 Å². The van der Waals surface area contributed by atoms with E-state index in [2.05, 4.69) is 79.7 Å². The van der Waals surface area contributed by atoms with Crippen LogP contribution in [0.4, 0.5) is 0 Å². The molecule has 0 nitrogen and oxygen atoms in total. The van der Waals surface area contributed by atoms with Gasteiger partial charge in [-0.2, -0.15) is 0 Å². The van der Waals surface area contributed by atoms with E-state index in [0.717, 1.165) is 0 Å². The first-order chi connectivity index (χ1) is 10.2. The lowest BCUT2D eigenvalue weighted by Gasteiger charge is -2.25. The van der Waals surface area contributed by atoms with E-state index in [1.54, 1.807) is 11.1 Å². The lowest BCUT2D eigenvalue weighted by Crippen LogP contribution is -2.07. The van der Waals surface area contributed by atoms with Crippen LogP contribution in [-0.4, -0.2) is 0 Å². The van der Waals surface area contributed by atoms with Crippen molar-refractivity contribution in [3.63, 3.8) is 0 Å². The number of rotatable bonds is 4. The molecule has 0 aliphatic heterocycles. The van der Waals surface area contributed by atoms with E-state index < -0.39 is 0 Å². The minimum absolute atomic E-state index is 0.556. The van der Waals surface area contributed by atoms with E-state index in [-0.39, 0.29) is 0 Å². The Morgan fingerprint density at radius 1 is 0.591 bits per heavy atom. The molecule has 0 spiro atoms. The largest absolute Gasteiger partial charge is 0.0587 e. The molecule has 0 fully saturated rings. The molecule has 0 aromatic heterocycles. The quantitative estimate of drug-likeness (QED) is 0.554. The van der Waals surface area contributed by atoms with Gasteiger partial charge in [-0.25, -0.2) is 0 Å². The van der Waals surface area contributed by atoms with Gasteiger partial charge in [0.1, 0.15) is 0 Å². The Labute approximate surface area is 136 Å². The minimum atomic E-state index is 0.556. The van der Waals surface area contributed by atoms with Crippen molar-refractivity contribution in [1.29, 1.82) is 0 Å². The van der Waals surface area contributed by atoms with Crippen LogP contribution < -0.4 is 0 Å². The molecule has 0 unspecified atom stereocenters. The molecule has 0 bridgehead atoms. The molecule has 0 heteroatoms. The summed E-state index contributed by atoms with van der Waals surface area (Å²) >= 11 is 0. The van der Waals surface area contributed by atoms with Gasteiger partial charge in [-0.15, -0.1) is 0 Å². The van der Waals surface area contributed by atoms with Crippen LogP contribution in [0.25, 0.3) is 10.8 Å². The third kappa shape index (κ3) is 3.07. The molecule has 0 saturated heterocycles. The van der Waals surface area contributed by atoms with E-state index >= 15 is 0 Å². The summed E-state index contributed by atoms with van der Waals surface area (Å²) in [6, 6.07) is 9.50. The fraction of sp³-hybridized carbons (Fsp3) is 0.545. The average Bonchev–Trinajstić information content (AvgIpc) is 2.43. The molecule has 0 atom stereocenters. The van der Waals surface area contributed by atoms with Crippen LogP contribution in [0.5, 0.6) is 0 Å². The second kappa shape index (κ2) is 6.44. The molecule has 2 aromatic rings. The fourth-order valence-corrected chi connectivity index (χ4v) is 3.58. The summed E-state index contributed by atoms with van der Waals surface area (Å²) < 4.78 is 0. The third-order valence-corrected chi connectivity index (χ3v) is 4.72. The summed E-state index contributed by atoms with van der Waals surface area (Å²) in [6.45, 7) is 18.6. The van der Waals surface area contributed by atoms with Gasteiger partial charge in [0, 0.05) is 0 Å². The standard InChI is InChI=1S/C22H32/c1-13(2)17-9-10-18-12-19(14(3)4)21(15(5)6)22(16(7)8)20(18)11-17/h9-16H,1-8H3. The van der Waals surface area contributed by atoms with Crippen LogP contribution in [0, 0.1) is 0 Å². The van der Waals surface area contributed by atoms with E-state index in [1.165, 1.54) is 21.9 Å². The Kier molecular flexibility index (Phi) is 5.00. The highest BCUT2D eigenvalue weighted by molar-refractivity contribution is 5.89. The SMILES string of the molecule is CC(C)c1ccc2cc(C(C)C)c(C(C)C)c(C(C)C)c2c1. The van der Waals surface area contributed by atoms with Crippen molar-refractivity contribution in [2.45, 2.75) is 79.1 Å². The molecule has 2 aromatic carbocycles. The molecule has 0 amide bonds. The van der Waals surface area contributed by atoms with Gasteiger partial charge in [0.05, 0.1) is 0 Å². The maximum atomic E-state index is 2.44. The molecule has 22 heavy (non-hydrogen) atoms. The van der Waals surface area contributed by atoms with Crippen LogP contribution in [0.1, 0.15) is 101 Å². The summed E-state index contributed by atoms with van der Waals surface area (Å²) in [5.74, 6) is 2.28. The molecule has 0 radical (unpaired) electrons. The van der Waals surface area contributed by atoms with Crippen molar-refractivity contribution in [3.8, 4) is 0 Å². The first-order valence-electron chi connectivity index (χ1n) is 8.84. The number of fused-ring (bicyclic) bond motifs is 1. The van der Waals surface area contributed by atoms with Crippen LogP contribution in [-0.2, 0) is 0 Å². The Morgan fingerprint density at radius 2 is 1.18 bits per heavy atom. The predicted molar refractivity (Wildman–Crippen MR) is 100 cm³/mol. The zero-order chi connectivity index (χ0) is 16.6. The number of hydrogen-bond donors (Lipinski definition) is 0. The first kappa shape index (κ1) is 17.1.